The maximum Gasteiger partial charge on any atom is 0.271 e. The first-order valence-electron chi connectivity index (χ1n) is 8.55. The van der Waals surface area contributed by atoms with Gasteiger partial charge in [0.1, 0.15) is 6.61 Å². The maximum atomic E-state index is 12.0. The Morgan fingerprint density at radius 2 is 1.93 bits per heavy atom. The van der Waals surface area contributed by atoms with Gasteiger partial charge in [0.15, 0.2) is 11.5 Å². The lowest BCUT2D eigenvalue weighted by Gasteiger charge is -2.13. The molecule has 3 aromatic rings. The van der Waals surface area contributed by atoms with Crippen molar-refractivity contribution in [1.29, 1.82) is 0 Å². The minimum Gasteiger partial charge on any atom is -0.493 e. The zero-order valence-corrected chi connectivity index (χ0v) is 17.8. The molecule has 0 radical (unpaired) electrons. The van der Waals surface area contributed by atoms with Crippen molar-refractivity contribution in [2.45, 2.75) is 6.61 Å². The number of nitrogens with one attached hydrogen (secondary N) is 1. The summed E-state index contributed by atoms with van der Waals surface area (Å²) in [5.41, 5.74) is 4.65. The molecule has 0 unspecified atom stereocenters. The molecule has 1 N–H and O–H groups in total. The topological polar surface area (TPSA) is 72.8 Å². The normalized spacial score (nSPS) is 10.7. The van der Waals surface area contributed by atoms with Crippen LogP contribution < -0.4 is 14.9 Å². The Balaban J connectivity index is 1.68. The largest absolute Gasteiger partial charge is 0.493 e. The molecule has 6 nitrogen and oxygen atoms in total. The molecule has 0 fully saturated rings. The standard InChI is InChI=1S/C21H17BrClN3O3/c1-28-19-11-15(12-25-26-21(27)16-6-8-24-9-7-16)10-18(22)20(19)29-13-14-2-4-17(23)5-3-14/h2-12H,13H2,1H3,(H,26,27)/b25-12-. The molecular weight excluding hydrogens is 458 g/mol. The number of nitrogens with zero attached hydrogens (tertiary/aromatic N) is 2. The predicted octanol–water partition coefficient (Wildman–Crippen LogP) is 4.85. The van der Waals surface area contributed by atoms with Crippen molar-refractivity contribution in [3.05, 3.63) is 87.1 Å². The number of carbonyl (C=O) groups is 1. The van der Waals surface area contributed by atoms with Crippen molar-refractivity contribution >= 4 is 39.7 Å². The molecule has 0 aliphatic heterocycles. The molecule has 0 spiro atoms. The maximum absolute atomic E-state index is 12.0. The van der Waals surface area contributed by atoms with Crippen LogP contribution in [0.4, 0.5) is 0 Å². The Morgan fingerprint density at radius 3 is 2.62 bits per heavy atom. The van der Waals surface area contributed by atoms with Gasteiger partial charge in [-0.3, -0.25) is 9.78 Å². The molecule has 0 aliphatic rings. The lowest BCUT2D eigenvalue weighted by molar-refractivity contribution is 0.0955. The summed E-state index contributed by atoms with van der Waals surface area (Å²) in [6.07, 6.45) is 4.61. The third-order valence-electron chi connectivity index (χ3n) is 3.87. The Morgan fingerprint density at radius 1 is 1.21 bits per heavy atom. The monoisotopic (exact) mass is 473 g/mol. The summed E-state index contributed by atoms with van der Waals surface area (Å²) in [4.78, 5) is 15.9. The summed E-state index contributed by atoms with van der Waals surface area (Å²) in [6.45, 7) is 0.363. The van der Waals surface area contributed by atoms with E-state index in [4.69, 9.17) is 21.1 Å². The van der Waals surface area contributed by atoms with Gasteiger partial charge >= 0.3 is 0 Å². The first-order chi connectivity index (χ1) is 14.1. The van der Waals surface area contributed by atoms with E-state index >= 15 is 0 Å². The van der Waals surface area contributed by atoms with Crippen LogP contribution in [0.2, 0.25) is 5.02 Å². The first kappa shape index (κ1) is 20.8. The lowest BCUT2D eigenvalue weighted by Crippen LogP contribution is -2.17. The number of hydrogen-bond donors (Lipinski definition) is 1. The van der Waals surface area contributed by atoms with E-state index in [-0.39, 0.29) is 5.91 Å². The number of carbonyl (C=O) groups excluding carboxylic acids is 1. The molecule has 29 heavy (non-hydrogen) atoms. The second kappa shape index (κ2) is 10.0. The molecule has 1 aromatic heterocycles. The molecule has 3 rings (SSSR count). The van der Waals surface area contributed by atoms with Crippen LogP contribution in [0.15, 0.2) is 70.5 Å². The van der Waals surface area contributed by atoms with Crippen molar-refractivity contribution in [1.82, 2.24) is 10.4 Å². The minimum absolute atomic E-state index is 0.322. The number of halogens is 2. The Hall–Kier alpha value is -2.90. The predicted molar refractivity (Wildman–Crippen MR) is 116 cm³/mol. The average molecular weight is 475 g/mol. The molecule has 0 bridgehead atoms. The van der Waals surface area contributed by atoms with Gasteiger partial charge in [-0.2, -0.15) is 5.10 Å². The SMILES string of the molecule is COc1cc(/C=N\NC(=O)c2ccncc2)cc(Br)c1OCc1ccc(Cl)cc1. The van der Waals surface area contributed by atoms with Crippen LogP contribution in [0.3, 0.4) is 0 Å². The molecular formula is C21H17BrClN3O3. The number of methoxy groups -OCH3 is 1. The summed E-state index contributed by atoms with van der Waals surface area (Å²) in [7, 11) is 1.56. The van der Waals surface area contributed by atoms with Gasteiger partial charge in [-0.15, -0.1) is 0 Å². The molecule has 148 valence electrons. The molecule has 2 aromatic carbocycles. The number of pyridine rings is 1. The molecule has 8 heteroatoms. The van der Waals surface area contributed by atoms with Crippen molar-refractivity contribution < 1.29 is 14.3 Å². The summed E-state index contributed by atoms with van der Waals surface area (Å²) < 4.78 is 12.0. The number of aromatic nitrogens is 1. The molecule has 0 saturated carbocycles. The minimum atomic E-state index is -0.322. The summed E-state index contributed by atoms with van der Waals surface area (Å²) in [5, 5.41) is 4.66. The first-order valence-corrected chi connectivity index (χ1v) is 9.72. The van der Waals surface area contributed by atoms with Crippen LogP contribution in [0.1, 0.15) is 21.5 Å². The van der Waals surface area contributed by atoms with E-state index in [1.807, 2.05) is 30.3 Å². The Kier molecular flexibility index (Phi) is 7.21. The number of amides is 1. The van der Waals surface area contributed by atoms with E-state index in [1.165, 1.54) is 6.21 Å². The third-order valence-corrected chi connectivity index (χ3v) is 4.71. The van der Waals surface area contributed by atoms with Crippen LogP contribution in [-0.2, 0) is 6.61 Å². The molecule has 0 atom stereocenters. The molecule has 1 heterocycles. The van der Waals surface area contributed by atoms with E-state index in [2.05, 4.69) is 31.4 Å². The highest BCUT2D eigenvalue weighted by atomic mass is 79.9. The van der Waals surface area contributed by atoms with Gasteiger partial charge in [0.2, 0.25) is 0 Å². The van der Waals surface area contributed by atoms with Crippen LogP contribution in [0.5, 0.6) is 11.5 Å². The molecule has 0 aliphatic carbocycles. The van der Waals surface area contributed by atoms with E-state index in [1.54, 1.807) is 37.7 Å². The van der Waals surface area contributed by atoms with Crippen molar-refractivity contribution in [3.63, 3.8) is 0 Å². The fourth-order valence-electron chi connectivity index (χ4n) is 2.42. The van der Waals surface area contributed by atoms with Gasteiger partial charge in [-0.05, 0) is 63.5 Å². The number of hydrogen-bond acceptors (Lipinski definition) is 5. The Bertz CT molecular complexity index is 1010. The number of hydrazone groups is 1. The highest BCUT2D eigenvalue weighted by Crippen LogP contribution is 2.36. The van der Waals surface area contributed by atoms with Gasteiger partial charge in [0.05, 0.1) is 17.8 Å². The third kappa shape index (κ3) is 5.79. The van der Waals surface area contributed by atoms with Gasteiger partial charge in [0, 0.05) is 23.0 Å². The van der Waals surface area contributed by atoms with Crippen molar-refractivity contribution in [2.75, 3.05) is 7.11 Å². The van der Waals surface area contributed by atoms with Crippen LogP contribution in [0.25, 0.3) is 0 Å². The fraction of sp³-hybridized carbons (Fsp3) is 0.0952. The molecule has 1 amide bonds. The second-order valence-electron chi connectivity index (χ2n) is 5.88. The average Bonchev–Trinajstić information content (AvgIpc) is 2.74. The van der Waals surface area contributed by atoms with E-state index in [0.717, 1.165) is 11.1 Å². The van der Waals surface area contributed by atoms with Gasteiger partial charge in [0.25, 0.3) is 5.91 Å². The second-order valence-corrected chi connectivity index (χ2v) is 7.18. The van der Waals surface area contributed by atoms with E-state index < -0.39 is 0 Å². The fourth-order valence-corrected chi connectivity index (χ4v) is 3.12. The summed E-state index contributed by atoms with van der Waals surface area (Å²) in [5.74, 6) is 0.785. The zero-order chi connectivity index (χ0) is 20.6. The number of ether oxygens (including phenoxy) is 2. The zero-order valence-electron chi connectivity index (χ0n) is 15.4. The quantitative estimate of drug-likeness (QED) is 0.392. The van der Waals surface area contributed by atoms with Crippen molar-refractivity contribution in [2.24, 2.45) is 5.10 Å². The van der Waals surface area contributed by atoms with Crippen LogP contribution in [0, 0.1) is 0 Å². The van der Waals surface area contributed by atoms with Gasteiger partial charge in [-0.25, -0.2) is 5.43 Å². The van der Waals surface area contributed by atoms with Crippen molar-refractivity contribution in [3.8, 4) is 11.5 Å². The number of benzene rings is 2. The molecule has 0 saturated heterocycles. The highest BCUT2D eigenvalue weighted by molar-refractivity contribution is 9.10. The van der Waals surface area contributed by atoms with Crippen LogP contribution in [-0.4, -0.2) is 24.2 Å². The summed E-state index contributed by atoms with van der Waals surface area (Å²) in [6, 6.07) is 14.2. The summed E-state index contributed by atoms with van der Waals surface area (Å²) >= 11 is 9.40. The van der Waals surface area contributed by atoms with Gasteiger partial charge in [-0.1, -0.05) is 23.7 Å². The highest BCUT2D eigenvalue weighted by Gasteiger charge is 2.12. The van der Waals surface area contributed by atoms with E-state index in [0.29, 0.717) is 33.2 Å². The van der Waals surface area contributed by atoms with E-state index in [9.17, 15) is 4.79 Å². The van der Waals surface area contributed by atoms with Crippen LogP contribution >= 0.6 is 27.5 Å². The number of rotatable bonds is 7. The smallest absolute Gasteiger partial charge is 0.271 e. The van der Waals surface area contributed by atoms with Gasteiger partial charge < -0.3 is 9.47 Å². The lowest BCUT2D eigenvalue weighted by atomic mass is 10.2. The Labute approximate surface area is 181 Å².